The van der Waals surface area contributed by atoms with Gasteiger partial charge in [0.15, 0.2) is 0 Å². The summed E-state index contributed by atoms with van der Waals surface area (Å²) in [5, 5.41) is 17.8. The van der Waals surface area contributed by atoms with Crippen LogP contribution in [0.4, 0.5) is 5.69 Å². The fourth-order valence-electron chi connectivity index (χ4n) is 5.67. The number of para-hydroxylation sites is 1. The smallest absolute Gasteiger partial charge is 0.234 e. The zero-order valence-corrected chi connectivity index (χ0v) is 19.3. The van der Waals surface area contributed by atoms with E-state index in [2.05, 4.69) is 23.6 Å². The zero-order chi connectivity index (χ0) is 21.7. The van der Waals surface area contributed by atoms with E-state index in [4.69, 9.17) is 0 Å². The van der Waals surface area contributed by atoms with Gasteiger partial charge < -0.3 is 10.6 Å². The van der Waals surface area contributed by atoms with E-state index in [1.807, 2.05) is 30.3 Å². The number of anilines is 1. The molecule has 1 aliphatic heterocycles. The molecule has 31 heavy (non-hydrogen) atoms. The highest BCUT2D eigenvalue weighted by molar-refractivity contribution is 8.03. The van der Waals surface area contributed by atoms with Crippen molar-refractivity contribution in [3.8, 4) is 6.07 Å². The highest BCUT2D eigenvalue weighted by Gasteiger charge is 2.46. The third-order valence-corrected chi connectivity index (χ3v) is 8.03. The molecule has 3 aliphatic rings. The summed E-state index contributed by atoms with van der Waals surface area (Å²) < 4.78 is 0. The number of nitrogens with zero attached hydrogens (tertiary/aromatic N) is 1. The standard InChI is InChI=1S/C26H33N3OS/c1-19-10-9-15-26(16-19)21-13-7-2-3-8-14-23(21)29-25(22(26)17-27)31-18-24(30)28-20-11-5-4-6-12-20/h4-6,11-12,19,29H,2-3,7-10,13-16,18H2,1H3,(H,28,30). The molecule has 2 N–H and O–H groups in total. The summed E-state index contributed by atoms with van der Waals surface area (Å²) in [4.78, 5) is 12.6. The zero-order valence-electron chi connectivity index (χ0n) is 18.5. The lowest BCUT2D eigenvalue weighted by atomic mass is 9.59. The second-order valence-electron chi connectivity index (χ2n) is 9.30. The van der Waals surface area contributed by atoms with Gasteiger partial charge in [-0.25, -0.2) is 0 Å². The molecule has 164 valence electrons. The first-order chi connectivity index (χ1) is 15.1. The largest absolute Gasteiger partial charge is 0.353 e. The number of thioether (sulfide) groups is 1. The summed E-state index contributed by atoms with van der Waals surface area (Å²) >= 11 is 1.49. The van der Waals surface area contributed by atoms with Gasteiger partial charge in [-0.05, 0) is 62.1 Å². The van der Waals surface area contributed by atoms with Gasteiger partial charge in [0, 0.05) is 16.8 Å². The van der Waals surface area contributed by atoms with Crippen LogP contribution in [0.2, 0.25) is 0 Å². The predicted octanol–water partition coefficient (Wildman–Crippen LogP) is 6.50. The molecule has 0 radical (unpaired) electrons. The SMILES string of the molecule is CC1CCCC2(C1)C(C#N)=C(SCC(=O)Nc1ccccc1)NC1=C2CCCCCC1. The van der Waals surface area contributed by atoms with Crippen molar-refractivity contribution in [2.24, 2.45) is 11.3 Å². The van der Waals surface area contributed by atoms with Crippen molar-refractivity contribution in [3.63, 3.8) is 0 Å². The van der Waals surface area contributed by atoms with Crippen LogP contribution in [0, 0.1) is 22.7 Å². The van der Waals surface area contributed by atoms with Gasteiger partial charge in [-0.3, -0.25) is 4.79 Å². The lowest BCUT2D eigenvalue weighted by Gasteiger charge is -2.47. The van der Waals surface area contributed by atoms with Crippen LogP contribution in [0.3, 0.4) is 0 Å². The van der Waals surface area contributed by atoms with Crippen LogP contribution in [-0.4, -0.2) is 11.7 Å². The Balaban J connectivity index is 1.60. The Morgan fingerprint density at radius 1 is 1.19 bits per heavy atom. The molecule has 1 spiro atoms. The van der Waals surface area contributed by atoms with Gasteiger partial charge in [0.2, 0.25) is 5.91 Å². The van der Waals surface area contributed by atoms with Gasteiger partial charge in [0.05, 0.1) is 22.4 Å². The van der Waals surface area contributed by atoms with Gasteiger partial charge in [0.1, 0.15) is 0 Å². The minimum absolute atomic E-state index is 0.0358. The first-order valence-corrected chi connectivity index (χ1v) is 12.7. The van der Waals surface area contributed by atoms with Gasteiger partial charge in [0.25, 0.3) is 0 Å². The van der Waals surface area contributed by atoms with Gasteiger partial charge >= 0.3 is 0 Å². The Kier molecular flexibility index (Phi) is 7.07. The maximum atomic E-state index is 12.6. The number of dihydropyridines is 1. The summed E-state index contributed by atoms with van der Waals surface area (Å²) in [7, 11) is 0. The molecule has 5 heteroatoms. The highest BCUT2D eigenvalue weighted by Crippen LogP contribution is 2.56. The van der Waals surface area contributed by atoms with Crippen molar-refractivity contribution < 1.29 is 4.79 Å². The van der Waals surface area contributed by atoms with Crippen LogP contribution in [0.15, 0.2) is 52.2 Å². The lowest BCUT2D eigenvalue weighted by Crippen LogP contribution is -2.39. The number of hydrogen-bond acceptors (Lipinski definition) is 4. The van der Waals surface area contributed by atoms with Crippen molar-refractivity contribution >= 4 is 23.4 Å². The maximum Gasteiger partial charge on any atom is 0.234 e. The number of fused-ring (bicyclic) bond motifs is 1. The summed E-state index contributed by atoms with van der Waals surface area (Å²) in [5.74, 6) is 0.893. The number of allylic oxidation sites excluding steroid dienone is 3. The number of benzene rings is 1. The molecule has 1 aromatic carbocycles. The Bertz CT molecular complexity index is 914. The fraction of sp³-hybridized carbons (Fsp3) is 0.538. The Morgan fingerprint density at radius 3 is 2.71 bits per heavy atom. The summed E-state index contributed by atoms with van der Waals surface area (Å²) in [5.41, 5.74) is 4.42. The number of nitriles is 1. The quantitative estimate of drug-likeness (QED) is 0.566. The molecule has 2 atom stereocenters. The molecule has 0 saturated heterocycles. The molecule has 0 bridgehead atoms. The second-order valence-corrected chi connectivity index (χ2v) is 10.3. The monoisotopic (exact) mass is 435 g/mol. The predicted molar refractivity (Wildman–Crippen MR) is 128 cm³/mol. The number of nitrogens with one attached hydrogen (secondary N) is 2. The third kappa shape index (κ3) is 4.85. The van der Waals surface area contributed by atoms with Crippen molar-refractivity contribution in [1.82, 2.24) is 5.32 Å². The minimum Gasteiger partial charge on any atom is -0.353 e. The molecule has 1 fully saturated rings. The normalized spacial score (nSPS) is 26.4. The van der Waals surface area contributed by atoms with Crippen LogP contribution in [-0.2, 0) is 4.79 Å². The summed E-state index contributed by atoms with van der Waals surface area (Å²) in [6.45, 7) is 2.33. The van der Waals surface area contributed by atoms with Crippen molar-refractivity contribution in [3.05, 3.63) is 52.2 Å². The van der Waals surface area contributed by atoms with Gasteiger partial charge in [-0.15, -0.1) is 0 Å². The molecule has 1 saturated carbocycles. The van der Waals surface area contributed by atoms with Gasteiger partial charge in [-0.2, -0.15) is 5.26 Å². The molecule has 4 rings (SSSR count). The molecule has 2 unspecified atom stereocenters. The second kappa shape index (κ2) is 9.96. The van der Waals surface area contributed by atoms with E-state index >= 15 is 0 Å². The fourth-order valence-corrected chi connectivity index (χ4v) is 6.60. The van der Waals surface area contributed by atoms with E-state index in [0.29, 0.717) is 11.7 Å². The Morgan fingerprint density at radius 2 is 1.97 bits per heavy atom. The van der Waals surface area contributed by atoms with Crippen molar-refractivity contribution in [2.75, 3.05) is 11.1 Å². The van der Waals surface area contributed by atoms with Crippen LogP contribution in [0.5, 0.6) is 0 Å². The van der Waals surface area contributed by atoms with E-state index in [1.165, 1.54) is 61.6 Å². The first kappa shape index (κ1) is 22.0. The van der Waals surface area contributed by atoms with Crippen LogP contribution in [0.25, 0.3) is 0 Å². The number of hydrogen-bond donors (Lipinski definition) is 2. The molecule has 1 amide bonds. The van der Waals surface area contributed by atoms with E-state index in [9.17, 15) is 10.1 Å². The molecule has 0 aromatic heterocycles. The molecule has 4 nitrogen and oxygen atoms in total. The molecular formula is C26H33N3OS. The molecule has 2 aliphatic carbocycles. The molecular weight excluding hydrogens is 402 g/mol. The molecule has 1 heterocycles. The summed E-state index contributed by atoms with van der Waals surface area (Å²) in [6.07, 6.45) is 11.7. The average molecular weight is 436 g/mol. The first-order valence-electron chi connectivity index (χ1n) is 11.7. The number of amides is 1. The van der Waals surface area contributed by atoms with Crippen molar-refractivity contribution in [1.29, 1.82) is 5.26 Å². The molecule has 1 aromatic rings. The summed E-state index contributed by atoms with van der Waals surface area (Å²) in [6, 6.07) is 12.2. The van der Waals surface area contributed by atoms with E-state index in [-0.39, 0.29) is 11.3 Å². The van der Waals surface area contributed by atoms with Crippen LogP contribution < -0.4 is 10.6 Å². The van der Waals surface area contributed by atoms with Crippen LogP contribution >= 0.6 is 11.8 Å². The van der Waals surface area contributed by atoms with Crippen molar-refractivity contribution in [2.45, 2.75) is 71.1 Å². The van der Waals surface area contributed by atoms with E-state index in [1.54, 1.807) is 0 Å². The lowest BCUT2D eigenvalue weighted by molar-refractivity contribution is -0.113. The van der Waals surface area contributed by atoms with Crippen LogP contribution in [0.1, 0.15) is 71.1 Å². The maximum absolute atomic E-state index is 12.6. The van der Waals surface area contributed by atoms with E-state index < -0.39 is 0 Å². The highest BCUT2D eigenvalue weighted by atomic mass is 32.2. The third-order valence-electron chi connectivity index (χ3n) is 7.03. The average Bonchev–Trinajstić information content (AvgIpc) is 2.74. The van der Waals surface area contributed by atoms with Gasteiger partial charge in [-0.1, -0.05) is 62.6 Å². The minimum atomic E-state index is -0.122. The Hall–Kier alpha value is -2.19. The number of carbonyl (C=O) groups is 1. The van der Waals surface area contributed by atoms with E-state index in [0.717, 1.165) is 42.0 Å². The topological polar surface area (TPSA) is 64.9 Å². The number of rotatable bonds is 4. The Labute approximate surface area is 190 Å². The number of carbonyl (C=O) groups excluding carboxylic acids is 1.